The summed E-state index contributed by atoms with van der Waals surface area (Å²) < 4.78 is 0. The third kappa shape index (κ3) is 2.64. The van der Waals surface area contributed by atoms with Crippen molar-refractivity contribution >= 4 is 23.2 Å². The minimum atomic E-state index is -0.341. The van der Waals surface area contributed by atoms with Crippen molar-refractivity contribution in [2.75, 3.05) is 16.3 Å². The smallest absolute Gasteiger partial charge is 0.232 e. The van der Waals surface area contributed by atoms with Crippen molar-refractivity contribution in [2.24, 2.45) is 5.92 Å². The van der Waals surface area contributed by atoms with E-state index in [-0.39, 0.29) is 30.2 Å². The largest absolute Gasteiger partial charge is 0.312 e. The van der Waals surface area contributed by atoms with Crippen LogP contribution in [0.5, 0.6) is 0 Å². The van der Waals surface area contributed by atoms with Crippen LogP contribution in [0.25, 0.3) is 0 Å². The van der Waals surface area contributed by atoms with Crippen LogP contribution < -0.4 is 9.80 Å². The standard InChI is InChI=1S/C21H19N3O2/c1-14-10-16-4-2-3-5-19(16)24(14)21(26)17-11-20(25)23(13-17)18-8-6-15(12-22)7-9-18/h2-9,14,17H,10-11,13H2,1H3. The molecule has 5 heteroatoms. The number of anilines is 2. The van der Waals surface area contributed by atoms with Crippen molar-refractivity contribution in [2.45, 2.75) is 25.8 Å². The summed E-state index contributed by atoms with van der Waals surface area (Å²) in [4.78, 5) is 29.1. The topological polar surface area (TPSA) is 64.4 Å². The molecule has 2 atom stereocenters. The molecule has 2 aromatic carbocycles. The van der Waals surface area contributed by atoms with Gasteiger partial charge in [-0.2, -0.15) is 5.26 Å². The summed E-state index contributed by atoms with van der Waals surface area (Å²) >= 11 is 0. The Morgan fingerprint density at radius 2 is 1.85 bits per heavy atom. The number of carbonyl (C=O) groups is 2. The SMILES string of the molecule is CC1Cc2ccccc2N1C(=O)C1CC(=O)N(c2ccc(C#N)cc2)C1. The molecule has 26 heavy (non-hydrogen) atoms. The van der Waals surface area contributed by atoms with E-state index in [4.69, 9.17) is 5.26 Å². The lowest BCUT2D eigenvalue weighted by Gasteiger charge is -2.26. The second-order valence-electron chi connectivity index (χ2n) is 6.95. The minimum absolute atomic E-state index is 0.0203. The first-order chi connectivity index (χ1) is 12.6. The van der Waals surface area contributed by atoms with E-state index in [9.17, 15) is 9.59 Å². The number of fused-ring (bicyclic) bond motifs is 1. The second kappa shape index (κ2) is 6.30. The predicted octanol–water partition coefficient (Wildman–Crippen LogP) is 2.89. The molecule has 130 valence electrons. The van der Waals surface area contributed by atoms with E-state index in [0.717, 1.165) is 17.8 Å². The first kappa shape index (κ1) is 16.3. The molecule has 4 rings (SSSR count). The fourth-order valence-corrected chi connectivity index (χ4v) is 3.94. The zero-order chi connectivity index (χ0) is 18.3. The van der Waals surface area contributed by atoms with Gasteiger partial charge in [0.15, 0.2) is 0 Å². The lowest BCUT2D eigenvalue weighted by atomic mass is 10.1. The third-order valence-corrected chi connectivity index (χ3v) is 5.23. The second-order valence-corrected chi connectivity index (χ2v) is 6.95. The van der Waals surface area contributed by atoms with Crippen molar-refractivity contribution < 1.29 is 9.59 Å². The number of amides is 2. The van der Waals surface area contributed by atoms with Crippen LogP contribution in [0.2, 0.25) is 0 Å². The van der Waals surface area contributed by atoms with Crippen molar-refractivity contribution in [3.63, 3.8) is 0 Å². The molecule has 0 saturated carbocycles. The summed E-state index contributed by atoms with van der Waals surface area (Å²) in [6.07, 6.45) is 1.08. The maximum Gasteiger partial charge on any atom is 0.232 e. The van der Waals surface area contributed by atoms with Crippen molar-refractivity contribution in [3.05, 3.63) is 59.7 Å². The Balaban J connectivity index is 1.55. The molecule has 0 spiro atoms. The number of nitrogens with zero attached hydrogens (tertiary/aromatic N) is 3. The van der Waals surface area contributed by atoms with Gasteiger partial charge in [-0.15, -0.1) is 0 Å². The monoisotopic (exact) mass is 345 g/mol. The minimum Gasteiger partial charge on any atom is -0.312 e. The molecule has 2 aromatic rings. The molecule has 2 aliphatic rings. The molecule has 5 nitrogen and oxygen atoms in total. The summed E-state index contributed by atoms with van der Waals surface area (Å²) in [6.45, 7) is 2.43. The normalized spacial score (nSPS) is 21.6. The number of carbonyl (C=O) groups excluding carboxylic acids is 2. The molecule has 0 N–H and O–H groups in total. The maximum absolute atomic E-state index is 13.1. The number of nitriles is 1. The lowest BCUT2D eigenvalue weighted by molar-refractivity contribution is -0.124. The van der Waals surface area contributed by atoms with Gasteiger partial charge < -0.3 is 9.80 Å². The summed E-state index contributed by atoms with van der Waals surface area (Å²) in [7, 11) is 0. The Morgan fingerprint density at radius 3 is 2.58 bits per heavy atom. The molecule has 0 radical (unpaired) electrons. The molecule has 0 aromatic heterocycles. The fraction of sp³-hybridized carbons (Fsp3) is 0.286. The van der Waals surface area contributed by atoms with Gasteiger partial charge in [0.2, 0.25) is 11.8 Å². The molecule has 1 fully saturated rings. The van der Waals surface area contributed by atoms with Gasteiger partial charge >= 0.3 is 0 Å². The first-order valence-corrected chi connectivity index (χ1v) is 8.80. The Hall–Kier alpha value is -3.13. The van der Waals surface area contributed by atoms with E-state index < -0.39 is 0 Å². The first-order valence-electron chi connectivity index (χ1n) is 8.80. The number of benzene rings is 2. The highest BCUT2D eigenvalue weighted by molar-refractivity contribution is 6.05. The van der Waals surface area contributed by atoms with Gasteiger partial charge in [-0.3, -0.25) is 9.59 Å². The molecule has 0 bridgehead atoms. The van der Waals surface area contributed by atoms with Gasteiger partial charge in [0, 0.05) is 30.4 Å². The number of rotatable bonds is 2. The Kier molecular flexibility index (Phi) is 3.96. The van der Waals surface area contributed by atoms with Gasteiger partial charge in [0.25, 0.3) is 0 Å². The van der Waals surface area contributed by atoms with E-state index in [1.807, 2.05) is 30.0 Å². The molecule has 2 heterocycles. The Morgan fingerprint density at radius 1 is 1.12 bits per heavy atom. The third-order valence-electron chi connectivity index (χ3n) is 5.23. The molecular weight excluding hydrogens is 326 g/mol. The summed E-state index contributed by atoms with van der Waals surface area (Å²) in [5, 5.41) is 8.91. The van der Waals surface area contributed by atoms with Crippen LogP contribution in [-0.2, 0) is 16.0 Å². The van der Waals surface area contributed by atoms with E-state index in [0.29, 0.717) is 12.1 Å². The van der Waals surface area contributed by atoms with Crippen molar-refractivity contribution in [1.29, 1.82) is 5.26 Å². The molecule has 2 amide bonds. The quantitative estimate of drug-likeness (QED) is 0.841. The predicted molar refractivity (Wildman–Crippen MR) is 98.7 cm³/mol. The highest BCUT2D eigenvalue weighted by Crippen LogP contribution is 2.35. The van der Waals surface area contributed by atoms with Crippen LogP contribution >= 0.6 is 0 Å². The van der Waals surface area contributed by atoms with Crippen LogP contribution in [0.3, 0.4) is 0 Å². The highest BCUT2D eigenvalue weighted by Gasteiger charge is 2.40. The van der Waals surface area contributed by atoms with Crippen LogP contribution in [0.4, 0.5) is 11.4 Å². The van der Waals surface area contributed by atoms with Crippen LogP contribution in [0, 0.1) is 17.2 Å². The van der Waals surface area contributed by atoms with Crippen molar-refractivity contribution in [1.82, 2.24) is 0 Å². The average Bonchev–Trinajstić information content (AvgIpc) is 3.20. The van der Waals surface area contributed by atoms with Crippen LogP contribution in [0.1, 0.15) is 24.5 Å². The number of para-hydroxylation sites is 1. The number of hydrogen-bond acceptors (Lipinski definition) is 3. The average molecular weight is 345 g/mol. The Labute approximate surface area is 152 Å². The Bertz CT molecular complexity index is 914. The fourth-order valence-electron chi connectivity index (χ4n) is 3.94. The lowest BCUT2D eigenvalue weighted by Crippen LogP contribution is -2.41. The van der Waals surface area contributed by atoms with E-state index in [1.165, 1.54) is 5.56 Å². The van der Waals surface area contributed by atoms with Crippen LogP contribution in [-0.4, -0.2) is 24.4 Å². The number of hydrogen-bond donors (Lipinski definition) is 0. The zero-order valence-electron chi connectivity index (χ0n) is 14.6. The maximum atomic E-state index is 13.1. The van der Waals surface area contributed by atoms with Gasteiger partial charge in [0.1, 0.15) is 0 Å². The summed E-state index contributed by atoms with van der Waals surface area (Å²) in [5.41, 5.74) is 3.44. The van der Waals surface area contributed by atoms with E-state index in [2.05, 4.69) is 12.1 Å². The van der Waals surface area contributed by atoms with Gasteiger partial charge in [-0.25, -0.2) is 0 Å². The van der Waals surface area contributed by atoms with Gasteiger partial charge in [-0.1, -0.05) is 18.2 Å². The highest BCUT2D eigenvalue weighted by atomic mass is 16.2. The van der Waals surface area contributed by atoms with E-state index >= 15 is 0 Å². The van der Waals surface area contributed by atoms with E-state index in [1.54, 1.807) is 29.2 Å². The van der Waals surface area contributed by atoms with Crippen molar-refractivity contribution in [3.8, 4) is 6.07 Å². The molecule has 0 aliphatic carbocycles. The molecule has 2 aliphatic heterocycles. The molecule has 1 saturated heterocycles. The van der Waals surface area contributed by atoms with Gasteiger partial charge in [0.05, 0.1) is 17.6 Å². The zero-order valence-corrected chi connectivity index (χ0v) is 14.6. The molecular formula is C21H19N3O2. The van der Waals surface area contributed by atoms with Gasteiger partial charge in [-0.05, 0) is 49.2 Å². The van der Waals surface area contributed by atoms with Crippen LogP contribution in [0.15, 0.2) is 48.5 Å². The summed E-state index contributed by atoms with van der Waals surface area (Å²) in [6, 6.07) is 17.1. The molecule has 2 unspecified atom stereocenters. The summed E-state index contributed by atoms with van der Waals surface area (Å²) in [5.74, 6) is -0.369.